The Morgan fingerprint density at radius 3 is 2.30 bits per heavy atom. The summed E-state index contributed by atoms with van der Waals surface area (Å²) in [6.45, 7) is -1.05. The maximum Gasteiger partial charge on any atom is 0.525 e. The molecule has 10 heteroatoms. The van der Waals surface area contributed by atoms with Crippen LogP contribution in [0.5, 0.6) is 0 Å². The second kappa shape index (κ2) is 6.08. The van der Waals surface area contributed by atoms with E-state index in [2.05, 4.69) is 4.74 Å². The number of thioether (sulfide) groups is 1. The Hall–Kier alpha value is -1.16. The predicted octanol–water partition coefficient (Wildman–Crippen LogP) is 4.26. The topological polar surface area (TPSA) is 35.2 Å². The summed E-state index contributed by atoms with van der Waals surface area (Å²) in [5.41, 5.74) is 5.18. The molecule has 0 heterocycles. The summed E-state index contributed by atoms with van der Waals surface area (Å²) in [6.07, 6.45) is -9.42. The van der Waals surface area contributed by atoms with Gasteiger partial charge in [-0.1, -0.05) is 0 Å². The maximum atomic E-state index is 13.2. The van der Waals surface area contributed by atoms with Gasteiger partial charge in [-0.15, -0.1) is 13.2 Å². The number of rotatable bonds is 5. The van der Waals surface area contributed by atoms with Gasteiger partial charge in [-0.3, -0.25) is 0 Å². The fraction of sp³-hybridized carbons (Fsp3) is 0.400. The monoisotopic (exact) mass is 323 g/mol. The van der Waals surface area contributed by atoms with E-state index in [0.717, 1.165) is 18.2 Å². The molecule has 0 fully saturated rings. The molecular weight excluding hydrogens is 315 g/mol. The van der Waals surface area contributed by atoms with Crippen LogP contribution >= 0.6 is 11.8 Å². The van der Waals surface area contributed by atoms with Crippen LogP contribution in [0.2, 0.25) is 0 Å². The lowest BCUT2D eigenvalue weighted by atomic mass is 10.2. The van der Waals surface area contributed by atoms with E-state index < -0.39 is 36.4 Å². The lowest BCUT2D eigenvalue weighted by Gasteiger charge is -2.21. The second-order valence-corrected chi connectivity index (χ2v) is 4.76. The minimum Gasteiger partial charge on any atom is -0.398 e. The van der Waals surface area contributed by atoms with Crippen LogP contribution in [0.3, 0.4) is 0 Å². The average molecular weight is 323 g/mol. The van der Waals surface area contributed by atoms with Gasteiger partial charge in [0.1, 0.15) is 6.67 Å². The zero-order valence-corrected chi connectivity index (χ0v) is 10.4. The van der Waals surface area contributed by atoms with Gasteiger partial charge in [-0.25, -0.2) is 13.5 Å². The first-order valence-corrected chi connectivity index (χ1v) is 5.76. The van der Waals surface area contributed by atoms with Crippen molar-refractivity contribution in [2.24, 2.45) is 0 Å². The highest BCUT2D eigenvalue weighted by atomic mass is 32.2. The van der Waals surface area contributed by atoms with Gasteiger partial charge in [-0.05, 0) is 30.0 Å². The van der Waals surface area contributed by atoms with Crippen LogP contribution in [-0.2, 0) is 11.4 Å². The lowest BCUT2D eigenvalue weighted by Crippen LogP contribution is -2.33. The first-order valence-electron chi connectivity index (χ1n) is 4.95. The number of halogens is 7. The van der Waals surface area contributed by atoms with Crippen LogP contribution in [0, 0.1) is 0 Å². The first kappa shape index (κ1) is 16.9. The Labute approximate surface area is 113 Å². The molecule has 0 aromatic heterocycles. The zero-order chi connectivity index (χ0) is 15.6. The van der Waals surface area contributed by atoms with E-state index in [-0.39, 0.29) is 16.1 Å². The molecule has 0 bridgehead atoms. The summed E-state index contributed by atoms with van der Waals surface area (Å²) in [4.78, 5) is -0.342. The largest absolute Gasteiger partial charge is 0.525 e. The Morgan fingerprint density at radius 2 is 1.80 bits per heavy atom. The number of nitrogen functional groups attached to an aromatic ring is 1. The van der Waals surface area contributed by atoms with E-state index in [9.17, 15) is 30.7 Å². The Kier molecular flexibility index (Phi) is 5.14. The van der Waals surface area contributed by atoms with Crippen molar-refractivity contribution in [2.75, 3.05) is 5.73 Å². The van der Waals surface area contributed by atoms with Crippen molar-refractivity contribution < 1.29 is 35.5 Å². The third-order valence-corrected chi connectivity index (χ3v) is 2.96. The van der Waals surface area contributed by atoms with Crippen molar-refractivity contribution in [1.29, 1.82) is 0 Å². The molecule has 0 aliphatic heterocycles. The Balaban J connectivity index is 2.85. The number of ether oxygens (including phenoxy) is 1. The summed E-state index contributed by atoms with van der Waals surface area (Å²) in [6, 6.07) is 2.99. The molecule has 2 N–H and O–H groups in total. The second-order valence-electron chi connectivity index (χ2n) is 3.54. The molecule has 0 spiro atoms. The smallest absolute Gasteiger partial charge is 0.398 e. The van der Waals surface area contributed by atoms with E-state index in [1.165, 1.54) is 0 Å². The van der Waals surface area contributed by atoms with Crippen molar-refractivity contribution in [3.8, 4) is 0 Å². The number of anilines is 1. The highest BCUT2D eigenvalue weighted by molar-refractivity contribution is 8.00. The van der Waals surface area contributed by atoms with Gasteiger partial charge in [0.2, 0.25) is 0 Å². The van der Waals surface area contributed by atoms with Crippen molar-refractivity contribution >= 4 is 17.4 Å². The number of hydrogen-bond donors (Lipinski definition) is 1. The molecule has 1 rings (SSSR count). The van der Waals surface area contributed by atoms with Gasteiger partial charge >= 0.3 is 11.6 Å². The molecule has 0 aliphatic rings. The predicted molar refractivity (Wildman–Crippen MR) is 58.5 cm³/mol. The Morgan fingerprint density at radius 1 is 1.20 bits per heavy atom. The molecule has 1 atom stereocenters. The highest BCUT2D eigenvalue weighted by Gasteiger charge is 2.48. The highest BCUT2D eigenvalue weighted by Crippen LogP contribution is 2.42. The van der Waals surface area contributed by atoms with E-state index in [1.807, 2.05) is 0 Å². The van der Waals surface area contributed by atoms with E-state index in [4.69, 9.17) is 5.73 Å². The summed E-state index contributed by atoms with van der Waals surface area (Å²) in [5.74, 6) is 0. The lowest BCUT2D eigenvalue weighted by molar-refractivity contribution is -0.377. The molecule has 0 saturated carbocycles. The van der Waals surface area contributed by atoms with Crippen LogP contribution in [0.25, 0.3) is 0 Å². The molecule has 114 valence electrons. The van der Waals surface area contributed by atoms with Gasteiger partial charge in [0.15, 0.2) is 0 Å². The van der Waals surface area contributed by atoms with Gasteiger partial charge < -0.3 is 5.73 Å². The van der Waals surface area contributed by atoms with E-state index in [0.29, 0.717) is 0 Å². The molecule has 2 nitrogen and oxygen atoms in total. The summed E-state index contributed by atoms with van der Waals surface area (Å²) >= 11 is -0.523. The van der Waals surface area contributed by atoms with Crippen LogP contribution < -0.4 is 5.73 Å². The molecule has 0 radical (unpaired) electrons. The fourth-order valence-electron chi connectivity index (χ4n) is 1.15. The first-order chi connectivity index (χ1) is 9.05. The minimum absolute atomic E-state index is 0.0106. The zero-order valence-electron chi connectivity index (χ0n) is 9.56. The number of benzene rings is 1. The number of alkyl halides is 7. The fourth-order valence-corrected chi connectivity index (χ4v) is 1.94. The molecule has 0 saturated heterocycles. The normalized spacial score (nSPS) is 14.3. The molecule has 0 aliphatic carbocycles. The standard InChI is InChI=1S/C10H8F7NOS/c11-4-5-3-6(1-2-7(5)18)20-9(13,14)8(12)19-10(15,16)17/h1-3,8H,4,18H2. The third-order valence-electron chi connectivity index (χ3n) is 2.01. The Bertz CT molecular complexity index is 465. The molecule has 20 heavy (non-hydrogen) atoms. The quantitative estimate of drug-likeness (QED) is 0.500. The number of hydrogen-bond acceptors (Lipinski definition) is 3. The van der Waals surface area contributed by atoms with Crippen molar-refractivity contribution in [3.05, 3.63) is 23.8 Å². The summed E-state index contributed by atoms with van der Waals surface area (Å²) in [7, 11) is 0. The molecule has 1 aromatic rings. The van der Waals surface area contributed by atoms with E-state index in [1.54, 1.807) is 0 Å². The molecule has 1 unspecified atom stereocenters. The third kappa shape index (κ3) is 4.75. The average Bonchev–Trinajstić information content (AvgIpc) is 2.29. The van der Waals surface area contributed by atoms with Gasteiger partial charge in [-0.2, -0.15) is 8.78 Å². The number of nitrogens with two attached hydrogens (primary N) is 1. The van der Waals surface area contributed by atoms with Crippen molar-refractivity contribution in [1.82, 2.24) is 0 Å². The van der Waals surface area contributed by atoms with Gasteiger partial charge in [0.05, 0.1) is 0 Å². The summed E-state index contributed by atoms with van der Waals surface area (Å²) < 4.78 is 89.3. The van der Waals surface area contributed by atoms with Gasteiger partial charge in [0.25, 0.3) is 6.36 Å². The van der Waals surface area contributed by atoms with E-state index >= 15 is 0 Å². The van der Waals surface area contributed by atoms with Crippen LogP contribution in [0.1, 0.15) is 5.56 Å². The molecule has 0 amide bonds. The minimum atomic E-state index is -5.53. The van der Waals surface area contributed by atoms with Crippen molar-refractivity contribution in [2.45, 2.75) is 29.5 Å². The van der Waals surface area contributed by atoms with Gasteiger partial charge in [0, 0.05) is 16.1 Å². The summed E-state index contributed by atoms with van der Waals surface area (Å²) in [5, 5.41) is -4.50. The van der Waals surface area contributed by atoms with Crippen LogP contribution in [-0.4, -0.2) is 18.0 Å². The van der Waals surface area contributed by atoms with Crippen molar-refractivity contribution in [3.63, 3.8) is 0 Å². The van der Waals surface area contributed by atoms with Crippen LogP contribution in [0.4, 0.5) is 36.4 Å². The maximum absolute atomic E-state index is 13.2. The molecule has 1 aromatic carbocycles. The molecular formula is C10H8F7NOS. The van der Waals surface area contributed by atoms with Crippen LogP contribution in [0.15, 0.2) is 23.1 Å². The SMILES string of the molecule is Nc1ccc(SC(F)(F)C(F)OC(F)(F)F)cc1CF.